The lowest BCUT2D eigenvalue weighted by Crippen LogP contribution is -2.44. The molecule has 0 atom stereocenters. The summed E-state index contributed by atoms with van der Waals surface area (Å²) in [5.41, 5.74) is 4.04. The van der Waals surface area contributed by atoms with Crippen LogP contribution in [-0.4, -0.2) is 59.2 Å². The highest BCUT2D eigenvalue weighted by atomic mass is 35.5. The maximum Gasteiger partial charge on any atom is 0.166 e. The number of nitrogens with zero attached hydrogens (tertiary/aromatic N) is 4. The van der Waals surface area contributed by atoms with Crippen LogP contribution >= 0.6 is 11.6 Å². The lowest BCUT2D eigenvalue weighted by Gasteiger charge is -2.41. The molecule has 0 unspecified atom stereocenters. The van der Waals surface area contributed by atoms with Crippen molar-refractivity contribution in [3.05, 3.63) is 94.3 Å². The van der Waals surface area contributed by atoms with Crippen molar-refractivity contribution in [1.82, 2.24) is 14.7 Å². The Morgan fingerprint density at radius 1 is 0.944 bits per heavy atom. The van der Waals surface area contributed by atoms with Gasteiger partial charge >= 0.3 is 0 Å². The number of rotatable bonds is 6. The number of carbonyl (C=O) groups is 1. The second-order valence-electron chi connectivity index (χ2n) is 10.1. The Kier molecular flexibility index (Phi) is 7.75. The summed E-state index contributed by atoms with van der Waals surface area (Å²) in [6.45, 7) is 5.92. The summed E-state index contributed by atoms with van der Waals surface area (Å²) in [5, 5.41) is 9.66. The van der Waals surface area contributed by atoms with E-state index in [4.69, 9.17) is 16.9 Å². The highest BCUT2D eigenvalue weighted by Gasteiger charge is 2.28. The largest absolute Gasteiger partial charge is 0.370 e. The van der Waals surface area contributed by atoms with E-state index < -0.39 is 0 Å². The van der Waals surface area contributed by atoms with Gasteiger partial charge in [-0.25, -0.2) is 0 Å². The highest BCUT2D eigenvalue weighted by molar-refractivity contribution is 6.30. The lowest BCUT2D eigenvalue weighted by molar-refractivity contribution is 0.0859. The fourth-order valence-corrected chi connectivity index (χ4v) is 5.73. The van der Waals surface area contributed by atoms with Gasteiger partial charge in [-0.05, 0) is 73.7 Å². The molecule has 3 aliphatic rings. The van der Waals surface area contributed by atoms with E-state index in [2.05, 4.69) is 51.3 Å². The molecule has 0 saturated carbocycles. The Hall–Kier alpha value is -3.07. The van der Waals surface area contributed by atoms with Crippen molar-refractivity contribution in [3.63, 3.8) is 0 Å². The van der Waals surface area contributed by atoms with E-state index in [0.29, 0.717) is 11.1 Å². The molecule has 2 saturated heterocycles. The summed E-state index contributed by atoms with van der Waals surface area (Å²) in [5.74, 6) is 0.334. The zero-order valence-electron chi connectivity index (χ0n) is 20.7. The molecule has 3 heterocycles. The Bertz CT molecular complexity index is 1150. The van der Waals surface area contributed by atoms with E-state index in [9.17, 15) is 4.79 Å². The van der Waals surface area contributed by atoms with Crippen molar-refractivity contribution >= 4 is 17.4 Å². The highest BCUT2D eigenvalue weighted by Crippen LogP contribution is 2.28. The molecule has 0 N–H and O–H groups in total. The van der Waals surface area contributed by atoms with Crippen molar-refractivity contribution in [1.29, 1.82) is 5.26 Å². The van der Waals surface area contributed by atoms with Gasteiger partial charge in [-0.1, -0.05) is 29.8 Å². The van der Waals surface area contributed by atoms with Gasteiger partial charge in [0.05, 0.1) is 17.3 Å². The number of piperidine rings is 2. The first kappa shape index (κ1) is 24.6. The number of Topliss-reactive ketones (excluding diaryl/α,β-unsaturated/α-hetero) is 1. The van der Waals surface area contributed by atoms with Crippen molar-refractivity contribution in [2.24, 2.45) is 5.92 Å². The normalized spacial score (nSPS) is 19.7. The van der Waals surface area contributed by atoms with Crippen LogP contribution in [0.5, 0.6) is 0 Å². The van der Waals surface area contributed by atoms with Crippen LogP contribution in [-0.2, 0) is 6.54 Å². The van der Waals surface area contributed by atoms with Crippen LogP contribution in [0.25, 0.3) is 0 Å². The second kappa shape index (κ2) is 11.3. The predicted octanol–water partition coefficient (Wildman–Crippen LogP) is 5.48. The summed E-state index contributed by atoms with van der Waals surface area (Å²) in [6.07, 6.45) is 11.0. The number of carbonyl (C=O) groups excluding carboxylic acids is 1. The average Bonchev–Trinajstić information content (AvgIpc) is 2.94. The minimum absolute atomic E-state index is 0.0899. The molecule has 0 aliphatic carbocycles. The maximum absolute atomic E-state index is 12.9. The van der Waals surface area contributed by atoms with Crippen molar-refractivity contribution in [2.45, 2.75) is 38.3 Å². The SMILES string of the molecule is N#Cc1ccc(CN2CCC(N3C=C(N4CCC(C(=O)c5ccc(Cl)cc5)CC4)C=CC3)CC2)cc1. The zero-order valence-corrected chi connectivity index (χ0v) is 21.4. The number of halogens is 1. The third-order valence-electron chi connectivity index (χ3n) is 7.78. The molecule has 2 aromatic carbocycles. The van der Waals surface area contributed by atoms with Gasteiger partial charge in [-0.15, -0.1) is 0 Å². The summed E-state index contributed by atoms with van der Waals surface area (Å²) >= 11 is 5.98. The Morgan fingerprint density at radius 2 is 1.64 bits per heavy atom. The zero-order chi connectivity index (χ0) is 24.9. The van der Waals surface area contributed by atoms with Crippen LogP contribution in [0.4, 0.5) is 0 Å². The smallest absolute Gasteiger partial charge is 0.166 e. The van der Waals surface area contributed by atoms with E-state index in [1.54, 1.807) is 12.1 Å². The summed E-state index contributed by atoms with van der Waals surface area (Å²) in [7, 11) is 0. The van der Waals surface area contributed by atoms with Crippen LogP contribution in [0.2, 0.25) is 5.02 Å². The number of ketones is 1. The van der Waals surface area contributed by atoms with E-state index >= 15 is 0 Å². The molecular weight excluding hydrogens is 468 g/mol. The Balaban J connectivity index is 1.11. The first-order valence-corrected chi connectivity index (χ1v) is 13.4. The molecule has 3 aliphatic heterocycles. The molecule has 2 fully saturated rings. The van der Waals surface area contributed by atoms with Crippen LogP contribution in [0.3, 0.4) is 0 Å². The topological polar surface area (TPSA) is 50.6 Å². The summed E-state index contributed by atoms with van der Waals surface area (Å²) in [4.78, 5) is 20.4. The fourth-order valence-electron chi connectivity index (χ4n) is 5.60. The maximum atomic E-state index is 12.9. The summed E-state index contributed by atoms with van der Waals surface area (Å²) in [6, 6.07) is 18.0. The number of likely N-dealkylation sites (tertiary alicyclic amines) is 2. The molecule has 5 nitrogen and oxygen atoms in total. The number of hydrogen-bond acceptors (Lipinski definition) is 5. The molecule has 0 amide bonds. The molecule has 186 valence electrons. The monoisotopic (exact) mass is 500 g/mol. The van der Waals surface area contributed by atoms with Gasteiger partial charge in [0.2, 0.25) is 0 Å². The average molecular weight is 501 g/mol. The van der Waals surface area contributed by atoms with Gasteiger partial charge < -0.3 is 9.80 Å². The third-order valence-corrected chi connectivity index (χ3v) is 8.03. The Morgan fingerprint density at radius 3 is 2.31 bits per heavy atom. The number of nitriles is 1. The van der Waals surface area contributed by atoms with Gasteiger partial charge in [-0.2, -0.15) is 5.26 Å². The van der Waals surface area contributed by atoms with E-state index in [-0.39, 0.29) is 11.7 Å². The molecule has 5 rings (SSSR count). The predicted molar refractivity (Wildman–Crippen MR) is 143 cm³/mol. The van der Waals surface area contributed by atoms with Gasteiger partial charge in [0.1, 0.15) is 0 Å². The molecule has 0 radical (unpaired) electrons. The molecular formula is C30H33ClN4O. The molecule has 0 spiro atoms. The standard InChI is InChI=1S/C30H33ClN4O/c31-27-9-7-25(8-10-27)30(36)26-11-18-34(19-12-26)29-2-1-15-35(22-29)28-13-16-33(17-14-28)21-24-5-3-23(20-32)4-6-24/h1-10,22,26,28H,11-19,21H2. The van der Waals surface area contributed by atoms with Crippen LogP contribution < -0.4 is 0 Å². The number of benzene rings is 2. The molecule has 0 aromatic heterocycles. The first-order valence-electron chi connectivity index (χ1n) is 13.0. The third kappa shape index (κ3) is 5.83. The van der Waals surface area contributed by atoms with E-state index in [0.717, 1.165) is 76.1 Å². The van der Waals surface area contributed by atoms with Crippen LogP contribution in [0.15, 0.2) is 72.6 Å². The van der Waals surface area contributed by atoms with Crippen molar-refractivity contribution in [2.75, 3.05) is 32.7 Å². The number of allylic oxidation sites excluding steroid dienone is 1. The lowest BCUT2D eigenvalue weighted by atomic mass is 9.88. The number of hydrogen-bond donors (Lipinski definition) is 0. The summed E-state index contributed by atoms with van der Waals surface area (Å²) < 4.78 is 0. The van der Waals surface area contributed by atoms with E-state index in [1.165, 1.54) is 11.3 Å². The van der Waals surface area contributed by atoms with Gasteiger partial charge in [0.25, 0.3) is 0 Å². The minimum Gasteiger partial charge on any atom is -0.370 e. The van der Waals surface area contributed by atoms with Gasteiger partial charge in [0.15, 0.2) is 5.78 Å². The van der Waals surface area contributed by atoms with Crippen molar-refractivity contribution in [3.8, 4) is 6.07 Å². The van der Waals surface area contributed by atoms with E-state index in [1.807, 2.05) is 24.3 Å². The Labute approximate surface area is 219 Å². The second-order valence-corrected chi connectivity index (χ2v) is 10.5. The van der Waals surface area contributed by atoms with Crippen molar-refractivity contribution < 1.29 is 4.79 Å². The van der Waals surface area contributed by atoms with Gasteiger partial charge in [0, 0.05) is 68.0 Å². The molecule has 6 heteroatoms. The first-order chi connectivity index (χ1) is 17.6. The fraction of sp³-hybridized carbons (Fsp3) is 0.400. The molecule has 36 heavy (non-hydrogen) atoms. The molecule has 0 bridgehead atoms. The van der Waals surface area contributed by atoms with Crippen LogP contribution in [0.1, 0.15) is 47.2 Å². The quantitative estimate of drug-likeness (QED) is 0.491. The van der Waals surface area contributed by atoms with Gasteiger partial charge in [-0.3, -0.25) is 9.69 Å². The minimum atomic E-state index is 0.0899. The van der Waals surface area contributed by atoms with Crippen LogP contribution in [0, 0.1) is 17.2 Å². The molecule has 2 aromatic rings.